The number of nitrogens with two attached hydrogens (primary N) is 1. The fourth-order valence-electron chi connectivity index (χ4n) is 2.23. The van der Waals surface area contributed by atoms with Crippen LogP contribution in [-0.2, 0) is 6.42 Å². The van der Waals surface area contributed by atoms with Crippen LogP contribution in [0.5, 0.6) is 17.2 Å². The SMILES string of the molecule is COc1cc(C)ccc1Oc1cc(CC(C)N)ccc1C. The number of aryl methyl sites for hydroxylation is 2. The molecule has 0 heterocycles. The Bertz CT molecular complexity index is 621. The van der Waals surface area contributed by atoms with Crippen LogP contribution in [0, 0.1) is 13.8 Å². The molecule has 2 rings (SSSR count). The number of methoxy groups -OCH3 is 1. The van der Waals surface area contributed by atoms with Crippen LogP contribution in [0.2, 0.25) is 0 Å². The molecule has 0 saturated heterocycles. The van der Waals surface area contributed by atoms with E-state index in [0.717, 1.165) is 34.8 Å². The predicted octanol–water partition coefficient (Wildman–Crippen LogP) is 3.99. The Morgan fingerprint density at radius 2 is 1.76 bits per heavy atom. The highest BCUT2D eigenvalue weighted by Crippen LogP contribution is 2.34. The van der Waals surface area contributed by atoms with Crippen molar-refractivity contribution in [2.24, 2.45) is 5.73 Å². The first-order chi connectivity index (χ1) is 9.99. The quantitative estimate of drug-likeness (QED) is 0.903. The monoisotopic (exact) mass is 285 g/mol. The topological polar surface area (TPSA) is 44.5 Å². The lowest BCUT2D eigenvalue weighted by molar-refractivity contribution is 0.377. The van der Waals surface area contributed by atoms with Crippen molar-refractivity contribution in [2.75, 3.05) is 7.11 Å². The molecule has 0 aliphatic heterocycles. The molecule has 21 heavy (non-hydrogen) atoms. The van der Waals surface area contributed by atoms with Gasteiger partial charge in [-0.3, -0.25) is 0 Å². The Morgan fingerprint density at radius 3 is 2.43 bits per heavy atom. The molecule has 3 heteroatoms. The molecule has 2 aromatic rings. The summed E-state index contributed by atoms with van der Waals surface area (Å²) in [6.45, 7) is 6.07. The number of hydrogen-bond acceptors (Lipinski definition) is 3. The van der Waals surface area contributed by atoms with Crippen molar-refractivity contribution in [3.8, 4) is 17.2 Å². The summed E-state index contributed by atoms with van der Waals surface area (Å²) in [4.78, 5) is 0. The molecular weight excluding hydrogens is 262 g/mol. The first-order valence-corrected chi connectivity index (χ1v) is 7.17. The minimum atomic E-state index is 0.134. The second kappa shape index (κ2) is 6.64. The lowest BCUT2D eigenvalue weighted by atomic mass is 10.1. The van der Waals surface area contributed by atoms with E-state index in [1.54, 1.807) is 7.11 Å². The third-order valence-electron chi connectivity index (χ3n) is 3.35. The molecule has 2 N–H and O–H groups in total. The van der Waals surface area contributed by atoms with Crippen LogP contribution < -0.4 is 15.2 Å². The van der Waals surface area contributed by atoms with Crippen molar-refractivity contribution >= 4 is 0 Å². The van der Waals surface area contributed by atoms with E-state index in [0.29, 0.717) is 0 Å². The normalized spacial score (nSPS) is 12.0. The zero-order chi connectivity index (χ0) is 15.4. The Balaban J connectivity index is 2.30. The average Bonchev–Trinajstić information content (AvgIpc) is 2.43. The van der Waals surface area contributed by atoms with Gasteiger partial charge in [-0.05, 0) is 62.1 Å². The van der Waals surface area contributed by atoms with Gasteiger partial charge in [0.15, 0.2) is 11.5 Å². The van der Waals surface area contributed by atoms with Gasteiger partial charge in [0, 0.05) is 6.04 Å². The van der Waals surface area contributed by atoms with Gasteiger partial charge in [-0.25, -0.2) is 0 Å². The van der Waals surface area contributed by atoms with Crippen LogP contribution in [0.4, 0.5) is 0 Å². The number of benzene rings is 2. The van der Waals surface area contributed by atoms with Crippen LogP contribution in [-0.4, -0.2) is 13.2 Å². The largest absolute Gasteiger partial charge is 0.493 e. The lowest BCUT2D eigenvalue weighted by Gasteiger charge is -2.14. The lowest BCUT2D eigenvalue weighted by Crippen LogP contribution is -2.17. The first-order valence-electron chi connectivity index (χ1n) is 7.17. The highest BCUT2D eigenvalue weighted by atomic mass is 16.5. The Kier molecular flexibility index (Phi) is 4.86. The molecule has 112 valence electrons. The van der Waals surface area contributed by atoms with E-state index in [4.69, 9.17) is 15.2 Å². The zero-order valence-corrected chi connectivity index (χ0v) is 13.1. The maximum Gasteiger partial charge on any atom is 0.169 e. The third-order valence-corrected chi connectivity index (χ3v) is 3.35. The van der Waals surface area contributed by atoms with Crippen molar-refractivity contribution in [2.45, 2.75) is 33.2 Å². The summed E-state index contributed by atoms with van der Waals surface area (Å²) in [7, 11) is 1.65. The standard InChI is InChI=1S/C18H23NO2/c1-12-5-8-16(18(9-12)20-4)21-17-11-15(10-14(3)19)7-6-13(17)2/h5-9,11,14H,10,19H2,1-4H3. The van der Waals surface area contributed by atoms with E-state index in [9.17, 15) is 0 Å². The molecule has 0 radical (unpaired) electrons. The van der Waals surface area contributed by atoms with Crippen LogP contribution in [0.1, 0.15) is 23.6 Å². The molecule has 0 bridgehead atoms. The van der Waals surface area contributed by atoms with Gasteiger partial charge < -0.3 is 15.2 Å². The molecular formula is C18H23NO2. The van der Waals surface area contributed by atoms with E-state index in [2.05, 4.69) is 18.2 Å². The second-order valence-corrected chi connectivity index (χ2v) is 5.54. The van der Waals surface area contributed by atoms with Gasteiger partial charge in [-0.1, -0.05) is 18.2 Å². The molecule has 2 aromatic carbocycles. The molecule has 1 unspecified atom stereocenters. The van der Waals surface area contributed by atoms with Crippen molar-refractivity contribution in [1.82, 2.24) is 0 Å². The van der Waals surface area contributed by atoms with Gasteiger partial charge in [-0.2, -0.15) is 0 Å². The Hall–Kier alpha value is -2.00. The second-order valence-electron chi connectivity index (χ2n) is 5.54. The molecule has 0 amide bonds. The van der Waals surface area contributed by atoms with E-state index in [1.807, 2.05) is 39.0 Å². The van der Waals surface area contributed by atoms with Crippen molar-refractivity contribution in [3.63, 3.8) is 0 Å². The van der Waals surface area contributed by atoms with E-state index in [-0.39, 0.29) is 6.04 Å². The van der Waals surface area contributed by atoms with Gasteiger partial charge in [0.2, 0.25) is 0 Å². The molecule has 0 aliphatic carbocycles. The molecule has 0 fully saturated rings. The van der Waals surface area contributed by atoms with Crippen LogP contribution in [0.15, 0.2) is 36.4 Å². The van der Waals surface area contributed by atoms with Crippen LogP contribution in [0.25, 0.3) is 0 Å². The van der Waals surface area contributed by atoms with Crippen molar-refractivity contribution in [3.05, 3.63) is 53.1 Å². The summed E-state index contributed by atoms with van der Waals surface area (Å²) in [5, 5.41) is 0. The molecule has 0 spiro atoms. The van der Waals surface area contributed by atoms with E-state index >= 15 is 0 Å². The van der Waals surface area contributed by atoms with Gasteiger partial charge in [0.05, 0.1) is 7.11 Å². The summed E-state index contributed by atoms with van der Waals surface area (Å²) in [6.07, 6.45) is 0.835. The number of hydrogen-bond donors (Lipinski definition) is 1. The Morgan fingerprint density at radius 1 is 1.00 bits per heavy atom. The molecule has 0 aliphatic rings. The van der Waals surface area contributed by atoms with Gasteiger partial charge in [-0.15, -0.1) is 0 Å². The zero-order valence-electron chi connectivity index (χ0n) is 13.1. The van der Waals surface area contributed by atoms with Crippen LogP contribution >= 0.6 is 0 Å². The molecule has 3 nitrogen and oxygen atoms in total. The highest BCUT2D eigenvalue weighted by Gasteiger charge is 2.09. The molecule has 0 saturated carbocycles. The van der Waals surface area contributed by atoms with Crippen LogP contribution in [0.3, 0.4) is 0 Å². The van der Waals surface area contributed by atoms with Gasteiger partial charge in [0.25, 0.3) is 0 Å². The smallest absolute Gasteiger partial charge is 0.169 e. The maximum absolute atomic E-state index is 6.04. The Labute approximate surface area is 126 Å². The van der Waals surface area contributed by atoms with Gasteiger partial charge in [0.1, 0.15) is 5.75 Å². The van der Waals surface area contributed by atoms with E-state index < -0.39 is 0 Å². The average molecular weight is 285 g/mol. The van der Waals surface area contributed by atoms with E-state index in [1.165, 1.54) is 5.56 Å². The summed E-state index contributed by atoms with van der Waals surface area (Å²) in [5.41, 5.74) is 9.27. The minimum absolute atomic E-state index is 0.134. The highest BCUT2D eigenvalue weighted by molar-refractivity contribution is 5.47. The first kappa shape index (κ1) is 15.4. The summed E-state index contributed by atoms with van der Waals surface area (Å²) in [6, 6.07) is 12.3. The summed E-state index contributed by atoms with van der Waals surface area (Å²) < 4.78 is 11.4. The predicted molar refractivity (Wildman–Crippen MR) is 86.3 cm³/mol. The van der Waals surface area contributed by atoms with Gasteiger partial charge >= 0.3 is 0 Å². The molecule has 0 aromatic heterocycles. The molecule has 1 atom stereocenters. The maximum atomic E-state index is 6.04. The fourth-order valence-corrected chi connectivity index (χ4v) is 2.23. The number of rotatable bonds is 5. The minimum Gasteiger partial charge on any atom is -0.493 e. The summed E-state index contributed by atoms with van der Waals surface area (Å²) >= 11 is 0. The number of ether oxygens (including phenoxy) is 2. The van der Waals surface area contributed by atoms with Crippen molar-refractivity contribution < 1.29 is 9.47 Å². The van der Waals surface area contributed by atoms with Crippen molar-refractivity contribution in [1.29, 1.82) is 0 Å². The third kappa shape index (κ3) is 3.99. The fraction of sp³-hybridized carbons (Fsp3) is 0.333. The summed E-state index contributed by atoms with van der Waals surface area (Å²) in [5.74, 6) is 2.31.